The third kappa shape index (κ3) is 7.79. The summed E-state index contributed by atoms with van der Waals surface area (Å²) in [6.45, 7) is 3.67. The number of benzene rings is 1. The largest absolute Gasteiger partial charge is 0.497 e. The van der Waals surface area contributed by atoms with Gasteiger partial charge in [0.15, 0.2) is 0 Å². The van der Waals surface area contributed by atoms with Crippen LogP contribution in [0.4, 0.5) is 0 Å². The average molecular weight is 280 g/mol. The average Bonchev–Trinajstić information content (AvgIpc) is 2.46. The van der Waals surface area contributed by atoms with E-state index in [9.17, 15) is 4.79 Å². The van der Waals surface area contributed by atoms with Crippen LogP contribution in [0.5, 0.6) is 11.5 Å². The molecule has 0 saturated carbocycles. The van der Waals surface area contributed by atoms with Gasteiger partial charge in [-0.3, -0.25) is 0 Å². The van der Waals surface area contributed by atoms with E-state index >= 15 is 0 Å². The summed E-state index contributed by atoms with van der Waals surface area (Å²) in [6.07, 6.45) is 3.37. The fraction of sp³-hybridized carbons (Fsp3) is 0.562. The van der Waals surface area contributed by atoms with Crippen molar-refractivity contribution in [3.8, 4) is 11.5 Å². The first kappa shape index (κ1) is 16.5. The van der Waals surface area contributed by atoms with Gasteiger partial charge in [-0.05, 0) is 44.0 Å². The van der Waals surface area contributed by atoms with Gasteiger partial charge in [0.05, 0.1) is 13.7 Å². The number of unbranched alkanes of at least 4 members (excludes halogenated alkanes) is 1. The molecular weight excluding hydrogens is 256 g/mol. The molecule has 0 heterocycles. The van der Waals surface area contributed by atoms with Crippen molar-refractivity contribution in [3.05, 3.63) is 24.3 Å². The molecular formula is C16H24O4. The zero-order chi connectivity index (χ0) is 14.6. The second-order valence-electron chi connectivity index (χ2n) is 4.65. The number of ketones is 1. The Morgan fingerprint density at radius 2 is 1.60 bits per heavy atom. The minimum atomic E-state index is 0.248. The van der Waals surface area contributed by atoms with Gasteiger partial charge >= 0.3 is 0 Å². The zero-order valence-electron chi connectivity index (χ0n) is 12.4. The summed E-state index contributed by atoms with van der Waals surface area (Å²) < 4.78 is 16.1. The molecule has 0 aliphatic carbocycles. The summed E-state index contributed by atoms with van der Waals surface area (Å²) >= 11 is 0. The lowest BCUT2D eigenvalue weighted by Gasteiger charge is -2.07. The minimum absolute atomic E-state index is 0.248. The molecule has 0 spiro atoms. The lowest BCUT2D eigenvalue weighted by molar-refractivity contribution is -0.117. The number of hydrogen-bond acceptors (Lipinski definition) is 4. The molecule has 20 heavy (non-hydrogen) atoms. The van der Waals surface area contributed by atoms with Crippen LogP contribution in [0.1, 0.15) is 32.6 Å². The third-order valence-electron chi connectivity index (χ3n) is 2.83. The first-order chi connectivity index (χ1) is 9.72. The van der Waals surface area contributed by atoms with Crippen LogP contribution in [-0.2, 0) is 9.53 Å². The highest BCUT2D eigenvalue weighted by Gasteiger charge is 1.96. The number of methoxy groups -OCH3 is 1. The topological polar surface area (TPSA) is 44.8 Å². The molecule has 0 amide bonds. The van der Waals surface area contributed by atoms with E-state index in [1.807, 2.05) is 24.3 Å². The first-order valence-corrected chi connectivity index (χ1v) is 7.06. The fourth-order valence-corrected chi connectivity index (χ4v) is 1.70. The summed E-state index contributed by atoms with van der Waals surface area (Å²) in [5.41, 5.74) is 0. The maximum Gasteiger partial charge on any atom is 0.129 e. The summed E-state index contributed by atoms with van der Waals surface area (Å²) in [5, 5.41) is 0. The van der Waals surface area contributed by atoms with Crippen molar-refractivity contribution < 1.29 is 19.0 Å². The van der Waals surface area contributed by atoms with Crippen LogP contribution in [-0.4, -0.2) is 32.7 Å². The maximum absolute atomic E-state index is 10.7. The summed E-state index contributed by atoms with van der Waals surface area (Å²) in [6, 6.07) is 7.53. The number of rotatable bonds is 11. The fourth-order valence-electron chi connectivity index (χ4n) is 1.70. The van der Waals surface area contributed by atoms with Crippen LogP contribution in [0.25, 0.3) is 0 Å². The van der Waals surface area contributed by atoms with E-state index in [2.05, 4.69) is 0 Å². The molecule has 0 aliphatic heterocycles. The molecule has 1 aromatic carbocycles. The molecule has 4 nitrogen and oxygen atoms in total. The zero-order valence-corrected chi connectivity index (χ0v) is 12.4. The highest BCUT2D eigenvalue weighted by molar-refractivity contribution is 5.75. The summed E-state index contributed by atoms with van der Waals surface area (Å²) in [4.78, 5) is 10.7. The molecule has 0 radical (unpaired) electrons. The number of ether oxygens (including phenoxy) is 3. The van der Waals surface area contributed by atoms with E-state index in [0.29, 0.717) is 19.6 Å². The van der Waals surface area contributed by atoms with Crippen LogP contribution >= 0.6 is 0 Å². The Kier molecular flexibility index (Phi) is 8.47. The van der Waals surface area contributed by atoms with Crippen LogP contribution in [0.15, 0.2) is 24.3 Å². The van der Waals surface area contributed by atoms with Crippen LogP contribution in [0.3, 0.4) is 0 Å². The summed E-state index contributed by atoms with van der Waals surface area (Å²) in [7, 11) is 1.64. The van der Waals surface area contributed by atoms with Gasteiger partial charge in [0.25, 0.3) is 0 Å². The van der Waals surface area contributed by atoms with Crippen LogP contribution < -0.4 is 9.47 Å². The molecule has 0 unspecified atom stereocenters. The third-order valence-corrected chi connectivity index (χ3v) is 2.83. The number of carbonyl (C=O) groups is 1. The van der Waals surface area contributed by atoms with E-state index in [4.69, 9.17) is 14.2 Å². The van der Waals surface area contributed by atoms with Crippen molar-refractivity contribution in [2.75, 3.05) is 26.9 Å². The van der Waals surface area contributed by atoms with Gasteiger partial charge in [-0.15, -0.1) is 0 Å². The second-order valence-corrected chi connectivity index (χ2v) is 4.65. The Morgan fingerprint density at radius 1 is 0.950 bits per heavy atom. The van der Waals surface area contributed by atoms with Crippen molar-refractivity contribution in [3.63, 3.8) is 0 Å². The molecule has 1 rings (SSSR count). The molecule has 0 aliphatic rings. The van der Waals surface area contributed by atoms with Gasteiger partial charge in [0.2, 0.25) is 0 Å². The van der Waals surface area contributed by atoms with Gasteiger partial charge in [-0.1, -0.05) is 0 Å². The number of carbonyl (C=O) groups excluding carboxylic acids is 1. The Balaban J connectivity index is 1.95. The van der Waals surface area contributed by atoms with E-state index in [-0.39, 0.29) is 5.78 Å². The molecule has 1 aromatic rings. The Hall–Kier alpha value is -1.55. The van der Waals surface area contributed by atoms with Gasteiger partial charge < -0.3 is 19.0 Å². The van der Waals surface area contributed by atoms with E-state index in [1.165, 1.54) is 0 Å². The van der Waals surface area contributed by atoms with E-state index < -0.39 is 0 Å². The second kappa shape index (κ2) is 10.3. The van der Waals surface area contributed by atoms with Crippen molar-refractivity contribution in [2.45, 2.75) is 32.6 Å². The Labute approximate surface area is 121 Å². The predicted molar refractivity (Wildman–Crippen MR) is 78.5 cm³/mol. The van der Waals surface area contributed by atoms with Gasteiger partial charge in [0.1, 0.15) is 17.3 Å². The van der Waals surface area contributed by atoms with Gasteiger partial charge in [0, 0.05) is 26.1 Å². The Bertz CT molecular complexity index is 373. The molecule has 0 bridgehead atoms. The summed E-state index contributed by atoms with van der Waals surface area (Å²) in [5.74, 6) is 1.91. The molecule has 0 atom stereocenters. The highest BCUT2D eigenvalue weighted by Crippen LogP contribution is 2.16. The van der Waals surface area contributed by atoms with E-state index in [0.717, 1.165) is 37.4 Å². The molecule has 0 N–H and O–H groups in total. The monoisotopic (exact) mass is 280 g/mol. The minimum Gasteiger partial charge on any atom is -0.497 e. The quantitative estimate of drug-likeness (QED) is 0.584. The van der Waals surface area contributed by atoms with Crippen LogP contribution in [0, 0.1) is 0 Å². The first-order valence-electron chi connectivity index (χ1n) is 7.06. The Morgan fingerprint density at radius 3 is 2.25 bits per heavy atom. The highest BCUT2D eigenvalue weighted by atomic mass is 16.5. The lowest BCUT2D eigenvalue weighted by Crippen LogP contribution is -2.04. The number of hydrogen-bond donors (Lipinski definition) is 0. The molecule has 0 saturated heterocycles. The van der Waals surface area contributed by atoms with Crippen molar-refractivity contribution in [2.24, 2.45) is 0 Å². The van der Waals surface area contributed by atoms with Crippen molar-refractivity contribution in [1.82, 2.24) is 0 Å². The molecule has 4 heteroatoms. The number of Topliss-reactive ketones (excluding diaryl/α,β-unsaturated/α-hetero) is 1. The van der Waals surface area contributed by atoms with E-state index in [1.54, 1.807) is 14.0 Å². The van der Waals surface area contributed by atoms with Crippen molar-refractivity contribution >= 4 is 5.78 Å². The maximum atomic E-state index is 10.7. The molecule has 112 valence electrons. The lowest BCUT2D eigenvalue weighted by atomic mass is 10.2. The SMILES string of the molecule is COc1ccc(OCCCOCCCCC(C)=O)cc1. The van der Waals surface area contributed by atoms with Gasteiger partial charge in [-0.25, -0.2) is 0 Å². The predicted octanol–water partition coefficient (Wildman–Crippen LogP) is 3.24. The van der Waals surface area contributed by atoms with Gasteiger partial charge in [-0.2, -0.15) is 0 Å². The van der Waals surface area contributed by atoms with Crippen LogP contribution in [0.2, 0.25) is 0 Å². The van der Waals surface area contributed by atoms with Crippen molar-refractivity contribution in [1.29, 1.82) is 0 Å². The molecule has 0 aromatic heterocycles. The standard InChI is InChI=1S/C16H24O4/c1-14(17)6-3-4-11-19-12-5-13-20-16-9-7-15(18-2)8-10-16/h7-10H,3-6,11-13H2,1-2H3. The smallest absolute Gasteiger partial charge is 0.129 e. The normalized spacial score (nSPS) is 10.3. The molecule has 0 fully saturated rings.